The number of carbonyl (C=O) groups is 2. The lowest BCUT2D eigenvalue weighted by Crippen LogP contribution is -2.39. The summed E-state index contributed by atoms with van der Waals surface area (Å²) in [5.41, 5.74) is 3.02. The van der Waals surface area contributed by atoms with Crippen LogP contribution in [0, 0.1) is 12.7 Å². The van der Waals surface area contributed by atoms with E-state index in [1.54, 1.807) is 13.0 Å². The van der Waals surface area contributed by atoms with Crippen LogP contribution in [0.2, 0.25) is 0 Å². The van der Waals surface area contributed by atoms with Crippen LogP contribution in [0.4, 0.5) is 10.1 Å². The molecule has 166 valence electrons. The first kappa shape index (κ1) is 21.7. The van der Waals surface area contributed by atoms with Crippen molar-refractivity contribution in [1.82, 2.24) is 15.0 Å². The number of carbonyl (C=O) groups excluding carboxylic acids is 2. The van der Waals surface area contributed by atoms with Crippen molar-refractivity contribution in [1.29, 1.82) is 0 Å². The van der Waals surface area contributed by atoms with Gasteiger partial charge in [-0.05, 0) is 62.6 Å². The number of likely N-dealkylation sites (tertiary alicyclic amines) is 1. The third-order valence-corrected chi connectivity index (χ3v) is 5.76. The molecular weight excluding hydrogens is 411 g/mol. The van der Waals surface area contributed by atoms with Gasteiger partial charge in [-0.1, -0.05) is 12.1 Å². The van der Waals surface area contributed by atoms with Crippen molar-refractivity contribution in [3.63, 3.8) is 0 Å². The summed E-state index contributed by atoms with van der Waals surface area (Å²) >= 11 is 0. The fourth-order valence-electron chi connectivity index (χ4n) is 4.01. The van der Waals surface area contributed by atoms with E-state index in [2.05, 4.69) is 15.5 Å². The number of benzene rings is 1. The van der Waals surface area contributed by atoms with E-state index in [-0.39, 0.29) is 23.5 Å². The van der Waals surface area contributed by atoms with E-state index < -0.39 is 0 Å². The lowest BCUT2D eigenvalue weighted by Gasteiger charge is -2.32. The lowest BCUT2D eigenvalue weighted by molar-refractivity contribution is 0.0703. The predicted molar refractivity (Wildman–Crippen MR) is 117 cm³/mol. The molecular formula is C24H25FN4O3. The number of hydrogen-bond donors (Lipinski definition) is 1. The van der Waals surface area contributed by atoms with Gasteiger partial charge in [0.25, 0.3) is 11.8 Å². The fraction of sp³-hybridized carbons (Fsp3) is 0.333. The topological polar surface area (TPSA) is 88.3 Å². The van der Waals surface area contributed by atoms with Crippen LogP contribution in [0.15, 0.2) is 47.1 Å². The Morgan fingerprint density at radius 3 is 2.69 bits per heavy atom. The number of pyridine rings is 1. The molecule has 32 heavy (non-hydrogen) atoms. The van der Waals surface area contributed by atoms with Gasteiger partial charge in [0.15, 0.2) is 0 Å². The summed E-state index contributed by atoms with van der Waals surface area (Å²) in [4.78, 5) is 31.9. The Hall–Kier alpha value is -3.55. The zero-order valence-corrected chi connectivity index (χ0v) is 18.1. The highest BCUT2D eigenvalue weighted by molar-refractivity contribution is 6.04. The molecule has 0 radical (unpaired) electrons. The molecule has 0 bridgehead atoms. The first-order chi connectivity index (χ1) is 15.5. The van der Waals surface area contributed by atoms with Gasteiger partial charge < -0.3 is 14.7 Å². The Morgan fingerprint density at radius 2 is 2.00 bits per heavy atom. The maximum absolute atomic E-state index is 13.1. The summed E-state index contributed by atoms with van der Waals surface area (Å²) in [6.07, 6.45) is 3.96. The van der Waals surface area contributed by atoms with Crippen LogP contribution in [-0.4, -0.2) is 39.9 Å². The van der Waals surface area contributed by atoms with Crippen LogP contribution < -0.4 is 5.32 Å². The fourth-order valence-corrected chi connectivity index (χ4v) is 4.01. The maximum atomic E-state index is 13.1. The first-order valence-electron chi connectivity index (χ1n) is 10.7. The molecule has 2 aromatic heterocycles. The third kappa shape index (κ3) is 4.54. The van der Waals surface area contributed by atoms with Crippen molar-refractivity contribution >= 4 is 17.5 Å². The number of halogens is 1. The van der Waals surface area contributed by atoms with Gasteiger partial charge in [-0.3, -0.25) is 14.6 Å². The highest BCUT2D eigenvalue weighted by Gasteiger charge is 2.30. The van der Waals surface area contributed by atoms with Crippen molar-refractivity contribution in [2.75, 3.05) is 18.4 Å². The SMILES string of the molecule is CCc1noc(C)c1C(=O)N1CCCC(c2ccc(C(=O)Nc3ccc(F)cc3)cn2)C1. The highest BCUT2D eigenvalue weighted by atomic mass is 19.1. The molecule has 8 heteroatoms. The monoisotopic (exact) mass is 436 g/mol. The molecule has 1 aliphatic rings. The van der Waals surface area contributed by atoms with Crippen molar-refractivity contribution in [2.24, 2.45) is 0 Å². The Morgan fingerprint density at radius 1 is 1.22 bits per heavy atom. The smallest absolute Gasteiger partial charge is 0.259 e. The number of hydrogen-bond acceptors (Lipinski definition) is 5. The highest BCUT2D eigenvalue weighted by Crippen LogP contribution is 2.28. The lowest BCUT2D eigenvalue weighted by atomic mass is 9.93. The van der Waals surface area contributed by atoms with E-state index in [4.69, 9.17) is 4.52 Å². The number of aromatic nitrogens is 2. The van der Waals surface area contributed by atoms with Crippen LogP contribution in [0.5, 0.6) is 0 Å². The molecule has 0 saturated carbocycles. The van der Waals surface area contributed by atoms with E-state index in [1.807, 2.05) is 17.9 Å². The number of rotatable bonds is 5. The minimum absolute atomic E-state index is 0.0550. The van der Waals surface area contributed by atoms with Crippen molar-refractivity contribution in [2.45, 2.75) is 39.0 Å². The average molecular weight is 436 g/mol. The van der Waals surface area contributed by atoms with E-state index >= 15 is 0 Å². The second-order valence-electron chi connectivity index (χ2n) is 7.94. The third-order valence-electron chi connectivity index (χ3n) is 5.76. The van der Waals surface area contributed by atoms with Crippen LogP contribution in [0.25, 0.3) is 0 Å². The molecule has 0 spiro atoms. The minimum Gasteiger partial charge on any atom is -0.361 e. The second-order valence-corrected chi connectivity index (χ2v) is 7.94. The summed E-state index contributed by atoms with van der Waals surface area (Å²) in [7, 11) is 0. The van der Waals surface area contributed by atoms with E-state index in [0.717, 1.165) is 18.5 Å². The molecule has 7 nitrogen and oxygen atoms in total. The molecule has 1 fully saturated rings. The largest absolute Gasteiger partial charge is 0.361 e. The van der Waals surface area contributed by atoms with Gasteiger partial charge in [0, 0.05) is 36.6 Å². The minimum atomic E-state index is -0.362. The molecule has 1 aliphatic heterocycles. The van der Waals surface area contributed by atoms with Crippen LogP contribution in [-0.2, 0) is 6.42 Å². The van der Waals surface area contributed by atoms with Gasteiger partial charge in [-0.25, -0.2) is 4.39 Å². The summed E-state index contributed by atoms with van der Waals surface area (Å²) in [6, 6.07) is 9.14. The van der Waals surface area contributed by atoms with Crippen LogP contribution >= 0.6 is 0 Å². The standard InChI is InChI=1S/C24H25FN4O3/c1-3-20-22(15(2)32-28-20)24(31)29-12-4-5-17(14-29)21-11-6-16(13-26-21)23(30)27-19-9-7-18(25)8-10-19/h6-11,13,17H,3-5,12,14H2,1-2H3,(H,27,30). The Labute approximate surface area is 185 Å². The molecule has 1 saturated heterocycles. The molecule has 1 N–H and O–H groups in total. The summed E-state index contributed by atoms with van der Waals surface area (Å²) < 4.78 is 18.3. The van der Waals surface area contributed by atoms with Gasteiger partial charge in [0.2, 0.25) is 0 Å². The van der Waals surface area contributed by atoms with Crippen LogP contribution in [0.1, 0.15) is 63.5 Å². The number of aryl methyl sites for hydroxylation is 2. The molecule has 3 aromatic rings. The van der Waals surface area contributed by atoms with Crippen molar-refractivity contribution in [3.8, 4) is 0 Å². The first-order valence-corrected chi connectivity index (χ1v) is 10.7. The number of nitrogens with zero attached hydrogens (tertiary/aromatic N) is 3. The Kier molecular flexibility index (Phi) is 6.30. The number of nitrogens with one attached hydrogen (secondary N) is 1. The zero-order chi connectivity index (χ0) is 22.7. The molecule has 2 amide bonds. The number of piperidine rings is 1. The molecule has 4 rings (SSSR count). The van der Waals surface area contributed by atoms with Crippen molar-refractivity contribution in [3.05, 3.63) is 76.7 Å². The van der Waals surface area contributed by atoms with Gasteiger partial charge in [0.1, 0.15) is 17.1 Å². The van der Waals surface area contributed by atoms with E-state index in [1.165, 1.54) is 30.5 Å². The number of anilines is 1. The van der Waals surface area contributed by atoms with E-state index in [9.17, 15) is 14.0 Å². The average Bonchev–Trinajstić information content (AvgIpc) is 3.20. The van der Waals surface area contributed by atoms with E-state index in [0.29, 0.717) is 47.8 Å². The normalized spacial score (nSPS) is 16.1. The van der Waals surface area contributed by atoms with Gasteiger partial charge in [-0.2, -0.15) is 0 Å². The molecule has 0 aliphatic carbocycles. The van der Waals surface area contributed by atoms with Crippen LogP contribution in [0.3, 0.4) is 0 Å². The van der Waals surface area contributed by atoms with Gasteiger partial charge in [0.05, 0.1) is 11.3 Å². The van der Waals surface area contributed by atoms with Crippen molar-refractivity contribution < 1.29 is 18.5 Å². The molecule has 1 aromatic carbocycles. The molecule has 1 atom stereocenters. The Balaban J connectivity index is 1.43. The maximum Gasteiger partial charge on any atom is 0.259 e. The number of amides is 2. The predicted octanol–water partition coefficient (Wildman–Crippen LogP) is 4.35. The molecule has 1 unspecified atom stereocenters. The summed E-state index contributed by atoms with van der Waals surface area (Å²) in [5.74, 6) is -0.0957. The second kappa shape index (κ2) is 9.30. The quantitative estimate of drug-likeness (QED) is 0.642. The van der Waals surface area contributed by atoms with Gasteiger partial charge >= 0.3 is 0 Å². The zero-order valence-electron chi connectivity index (χ0n) is 18.1. The van der Waals surface area contributed by atoms with Gasteiger partial charge in [-0.15, -0.1) is 0 Å². The summed E-state index contributed by atoms with van der Waals surface area (Å²) in [6.45, 7) is 4.95. The Bertz CT molecular complexity index is 1110. The summed E-state index contributed by atoms with van der Waals surface area (Å²) in [5, 5.41) is 6.72. The molecule has 3 heterocycles.